The molecule has 0 atom stereocenters. The maximum absolute atomic E-state index is 12.3. The number of hydrogen-bond donors (Lipinski definition) is 2. The van der Waals surface area contributed by atoms with E-state index < -0.39 is 0 Å². The molecule has 1 amide bonds. The van der Waals surface area contributed by atoms with E-state index in [1.807, 2.05) is 13.8 Å². The zero-order valence-electron chi connectivity index (χ0n) is 10.3. The van der Waals surface area contributed by atoms with Crippen LogP contribution in [0.25, 0.3) is 0 Å². The van der Waals surface area contributed by atoms with Crippen LogP contribution in [-0.2, 0) is 0 Å². The Labute approximate surface area is 116 Å². The number of benzene rings is 1. The summed E-state index contributed by atoms with van der Waals surface area (Å²) in [7, 11) is 0. The molecule has 0 aliphatic heterocycles. The maximum Gasteiger partial charge on any atom is 0.255 e. The molecule has 6 heteroatoms. The van der Waals surface area contributed by atoms with Crippen molar-refractivity contribution in [3.8, 4) is 0 Å². The average Bonchev–Trinajstić information content (AvgIpc) is 2.29. The highest BCUT2D eigenvalue weighted by atomic mass is 35.5. The van der Waals surface area contributed by atoms with Gasteiger partial charge in [0.25, 0.3) is 5.91 Å². The lowest BCUT2D eigenvalue weighted by molar-refractivity contribution is 0.0665. The summed E-state index contributed by atoms with van der Waals surface area (Å²) in [6.07, 6.45) is 0. The first-order chi connectivity index (χ1) is 8.38. The number of aliphatic hydroxyl groups excluding tert-OH is 1. The molecule has 0 heterocycles. The Balaban J connectivity index is 3.16. The number of nitrogens with two attached hydrogens (primary N) is 1. The molecule has 0 aromatic heterocycles. The predicted octanol–water partition coefficient (Wildman–Crippen LogP) is 2.42. The van der Waals surface area contributed by atoms with E-state index in [2.05, 4.69) is 0 Å². The van der Waals surface area contributed by atoms with Gasteiger partial charge in [0.05, 0.1) is 22.2 Å². The van der Waals surface area contributed by atoms with Crippen LogP contribution in [0.1, 0.15) is 24.2 Å². The highest BCUT2D eigenvalue weighted by molar-refractivity contribution is 6.44. The summed E-state index contributed by atoms with van der Waals surface area (Å²) in [6.45, 7) is 3.83. The number of carbonyl (C=O) groups excluding carboxylic acids is 1. The van der Waals surface area contributed by atoms with Gasteiger partial charge in [0.2, 0.25) is 0 Å². The average molecular weight is 291 g/mol. The minimum Gasteiger partial charge on any atom is -0.399 e. The normalized spacial score (nSPS) is 10.8. The van der Waals surface area contributed by atoms with Crippen LogP contribution in [-0.4, -0.2) is 35.1 Å². The van der Waals surface area contributed by atoms with E-state index in [9.17, 15) is 4.79 Å². The van der Waals surface area contributed by atoms with Gasteiger partial charge in [-0.25, -0.2) is 0 Å². The molecule has 1 rings (SSSR count). The summed E-state index contributed by atoms with van der Waals surface area (Å²) in [6, 6.07) is 2.93. The Hall–Kier alpha value is -0.970. The molecule has 100 valence electrons. The lowest BCUT2D eigenvalue weighted by Gasteiger charge is -2.26. The van der Waals surface area contributed by atoms with Crippen molar-refractivity contribution in [2.24, 2.45) is 0 Å². The number of nitrogens with zero attached hydrogens (tertiary/aromatic N) is 1. The van der Waals surface area contributed by atoms with E-state index in [0.717, 1.165) is 0 Å². The summed E-state index contributed by atoms with van der Waals surface area (Å²) in [5, 5.41) is 9.41. The standard InChI is InChI=1S/C12H16Cl2N2O2/c1-7(2)16(3-4-17)12(18)9-5-8(15)6-10(13)11(9)14/h5-7,17H,3-4,15H2,1-2H3. The number of aliphatic hydroxyl groups is 1. The number of nitrogen functional groups attached to an aromatic ring is 1. The van der Waals surface area contributed by atoms with Gasteiger partial charge < -0.3 is 15.7 Å². The molecule has 0 fully saturated rings. The fourth-order valence-corrected chi connectivity index (χ4v) is 2.04. The van der Waals surface area contributed by atoms with Crippen LogP contribution in [0.15, 0.2) is 12.1 Å². The number of amides is 1. The molecule has 0 unspecified atom stereocenters. The second kappa shape index (κ2) is 6.27. The molecule has 3 N–H and O–H groups in total. The van der Waals surface area contributed by atoms with Gasteiger partial charge >= 0.3 is 0 Å². The van der Waals surface area contributed by atoms with Crippen LogP contribution >= 0.6 is 23.2 Å². The molecule has 0 saturated carbocycles. The Kier molecular flexibility index (Phi) is 5.26. The molecule has 1 aromatic carbocycles. The van der Waals surface area contributed by atoms with Crippen molar-refractivity contribution in [3.63, 3.8) is 0 Å². The molecular weight excluding hydrogens is 275 g/mol. The monoisotopic (exact) mass is 290 g/mol. The predicted molar refractivity (Wildman–Crippen MR) is 74.1 cm³/mol. The van der Waals surface area contributed by atoms with E-state index in [-0.39, 0.29) is 40.7 Å². The fraction of sp³-hybridized carbons (Fsp3) is 0.417. The SMILES string of the molecule is CC(C)N(CCO)C(=O)c1cc(N)cc(Cl)c1Cl. The van der Waals surface area contributed by atoms with Crippen LogP contribution in [0.3, 0.4) is 0 Å². The van der Waals surface area contributed by atoms with E-state index in [1.165, 1.54) is 17.0 Å². The maximum atomic E-state index is 12.3. The van der Waals surface area contributed by atoms with E-state index >= 15 is 0 Å². The van der Waals surface area contributed by atoms with Gasteiger partial charge in [-0.1, -0.05) is 23.2 Å². The smallest absolute Gasteiger partial charge is 0.255 e. The number of anilines is 1. The van der Waals surface area contributed by atoms with Gasteiger partial charge in [-0.2, -0.15) is 0 Å². The first-order valence-electron chi connectivity index (χ1n) is 5.54. The molecule has 4 nitrogen and oxygen atoms in total. The Morgan fingerprint density at radius 1 is 1.44 bits per heavy atom. The third-order valence-electron chi connectivity index (χ3n) is 2.51. The second-order valence-electron chi connectivity index (χ2n) is 4.18. The van der Waals surface area contributed by atoms with Gasteiger partial charge in [-0.3, -0.25) is 4.79 Å². The van der Waals surface area contributed by atoms with Crippen LogP contribution in [0.2, 0.25) is 10.0 Å². The fourth-order valence-electron chi connectivity index (χ4n) is 1.62. The van der Waals surface area contributed by atoms with E-state index in [1.54, 1.807) is 0 Å². The van der Waals surface area contributed by atoms with Crippen molar-refractivity contribution in [1.29, 1.82) is 0 Å². The highest BCUT2D eigenvalue weighted by Crippen LogP contribution is 2.29. The topological polar surface area (TPSA) is 66.6 Å². The zero-order valence-corrected chi connectivity index (χ0v) is 11.8. The van der Waals surface area contributed by atoms with Crippen molar-refractivity contribution < 1.29 is 9.90 Å². The molecule has 0 spiro atoms. The summed E-state index contributed by atoms with van der Waals surface area (Å²) in [4.78, 5) is 13.8. The van der Waals surface area contributed by atoms with Gasteiger partial charge in [0.15, 0.2) is 0 Å². The quantitative estimate of drug-likeness (QED) is 0.837. The molecule has 0 aliphatic rings. The summed E-state index contributed by atoms with van der Waals surface area (Å²) >= 11 is 11.9. The number of rotatable bonds is 4. The minimum atomic E-state index is -0.293. The Bertz CT molecular complexity index is 450. The number of hydrogen-bond acceptors (Lipinski definition) is 3. The number of carbonyl (C=O) groups is 1. The Morgan fingerprint density at radius 2 is 2.06 bits per heavy atom. The van der Waals surface area contributed by atoms with Crippen molar-refractivity contribution in [1.82, 2.24) is 4.90 Å². The second-order valence-corrected chi connectivity index (χ2v) is 4.97. The van der Waals surface area contributed by atoms with E-state index in [0.29, 0.717) is 5.69 Å². The zero-order chi connectivity index (χ0) is 13.9. The van der Waals surface area contributed by atoms with Crippen LogP contribution in [0.4, 0.5) is 5.69 Å². The number of halogens is 2. The third-order valence-corrected chi connectivity index (χ3v) is 3.31. The van der Waals surface area contributed by atoms with Gasteiger partial charge in [-0.15, -0.1) is 0 Å². The first kappa shape index (κ1) is 15.1. The molecule has 0 radical (unpaired) electrons. The van der Waals surface area contributed by atoms with Gasteiger partial charge in [0.1, 0.15) is 0 Å². The summed E-state index contributed by atoms with van der Waals surface area (Å²) in [5.74, 6) is -0.293. The lowest BCUT2D eigenvalue weighted by atomic mass is 10.1. The van der Waals surface area contributed by atoms with Crippen molar-refractivity contribution >= 4 is 34.8 Å². The minimum absolute atomic E-state index is 0.0547. The van der Waals surface area contributed by atoms with Crippen molar-refractivity contribution in [2.75, 3.05) is 18.9 Å². The van der Waals surface area contributed by atoms with Crippen LogP contribution < -0.4 is 5.73 Å². The van der Waals surface area contributed by atoms with Crippen molar-refractivity contribution in [2.45, 2.75) is 19.9 Å². The largest absolute Gasteiger partial charge is 0.399 e. The van der Waals surface area contributed by atoms with Gasteiger partial charge in [0, 0.05) is 18.3 Å². The van der Waals surface area contributed by atoms with Crippen molar-refractivity contribution in [3.05, 3.63) is 27.7 Å². The van der Waals surface area contributed by atoms with Crippen LogP contribution in [0.5, 0.6) is 0 Å². The molecule has 0 bridgehead atoms. The summed E-state index contributed by atoms with van der Waals surface area (Å²) < 4.78 is 0. The molecule has 0 aliphatic carbocycles. The lowest BCUT2D eigenvalue weighted by Crippen LogP contribution is -2.39. The molecule has 0 saturated heterocycles. The molecular formula is C12H16Cl2N2O2. The molecule has 1 aromatic rings. The van der Waals surface area contributed by atoms with E-state index in [4.69, 9.17) is 34.0 Å². The Morgan fingerprint density at radius 3 is 2.56 bits per heavy atom. The highest BCUT2D eigenvalue weighted by Gasteiger charge is 2.22. The molecule has 18 heavy (non-hydrogen) atoms. The summed E-state index contributed by atoms with van der Waals surface area (Å²) in [5.41, 5.74) is 6.28. The first-order valence-corrected chi connectivity index (χ1v) is 6.30. The third kappa shape index (κ3) is 3.28. The van der Waals surface area contributed by atoms with Crippen LogP contribution in [0, 0.1) is 0 Å². The van der Waals surface area contributed by atoms with Gasteiger partial charge in [-0.05, 0) is 26.0 Å².